The van der Waals surface area contributed by atoms with Crippen LogP contribution in [0.15, 0.2) is 36.7 Å². The Morgan fingerprint density at radius 1 is 1.11 bits per heavy atom. The number of hydrogen-bond donors (Lipinski definition) is 3. The molecule has 3 aliphatic heterocycles. The van der Waals surface area contributed by atoms with Gasteiger partial charge in [0.2, 0.25) is 0 Å². The number of fused-ring (bicyclic) bond motifs is 3. The summed E-state index contributed by atoms with van der Waals surface area (Å²) in [7, 11) is 0. The maximum Gasteiger partial charge on any atom is 0.296 e. The summed E-state index contributed by atoms with van der Waals surface area (Å²) in [5.41, 5.74) is 4.57. The zero-order valence-electron chi connectivity index (χ0n) is 21.1. The van der Waals surface area contributed by atoms with Gasteiger partial charge in [-0.25, -0.2) is 9.97 Å². The highest BCUT2D eigenvalue weighted by molar-refractivity contribution is 5.73. The van der Waals surface area contributed by atoms with Crippen molar-refractivity contribution in [2.45, 2.75) is 63.5 Å². The first-order chi connectivity index (χ1) is 18.3. The first-order valence-corrected chi connectivity index (χ1v) is 12.7. The van der Waals surface area contributed by atoms with Gasteiger partial charge in [0.1, 0.15) is 23.8 Å². The molecule has 0 aliphatic carbocycles. The number of anilines is 1. The van der Waals surface area contributed by atoms with E-state index in [1.807, 2.05) is 23.0 Å². The molecule has 2 saturated heterocycles. The van der Waals surface area contributed by atoms with E-state index < -0.39 is 11.7 Å². The first-order valence-electron chi connectivity index (χ1n) is 12.7. The summed E-state index contributed by atoms with van der Waals surface area (Å²) in [4.78, 5) is 19.0. The summed E-state index contributed by atoms with van der Waals surface area (Å²) < 4.78 is 19.0. The average molecular weight is 520 g/mol. The Morgan fingerprint density at radius 3 is 2.71 bits per heavy atom. The summed E-state index contributed by atoms with van der Waals surface area (Å²) in [6, 6.07) is 8.45. The van der Waals surface area contributed by atoms with Crippen LogP contribution in [0, 0.1) is 0 Å². The number of aliphatic hydroxyl groups excluding tert-OH is 1. The van der Waals surface area contributed by atoms with Gasteiger partial charge in [-0.2, -0.15) is 10.1 Å². The predicted molar refractivity (Wildman–Crippen MR) is 135 cm³/mol. The third kappa shape index (κ3) is 4.29. The molecule has 0 saturated carbocycles. The second-order valence-corrected chi connectivity index (χ2v) is 10.8. The minimum atomic E-state index is -0.797. The van der Waals surface area contributed by atoms with Gasteiger partial charge in [-0.05, 0) is 38.1 Å². The predicted octanol–water partition coefficient (Wildman–Crippen LogP) is 1.41. The fraction of sp³-hybridized carbons (Fsp3) is 0.462. The van der Waals surface area contributed by atoms with E-state index in [4.69, 9.17) is 14.2 Å². The molecule has 0 amide bonds. The van der Waals surface area contributed by atoms with E-state index in [9.17, 15) is 10.2 Å². The van der Waals surface area contributed by atoms with Crippen molar-refractivity contribution in [2.75, 3.05) is 18.1 Å². The lowest BCUT2D eigenvalue weighted by atomic mass is 10.1. The smallest absolute Gasteiger partial charge is 0.296 e. The number of nitrogens with zero attached hydrogens (tertiary/aromatic N) is 6. The van der Waals surface area contributed by atoms with Crippen molar-refractivity contribution < 1.29 is 24.4 Å². The summed E-state index contributed by atoms with van der Waals surface area (Å²) >= 11 is 0. The summed E-state index contributed by atoms with van der Waals surface area (Å²) in [5, 5.41) is 24.6. The Hall–Kier alpha value is -3.58. The highest BCUT2D eigenvalue weighted by Gasteiger charge is 2.48. The Balaban J connectivity index is 1.03. The van der Waals surface area contributed by atoms with Gasteiger partial charge in [0.25, 0.3) is 6.01 Å². The fourth-order valence-corrected chi connectivity index (χ4v) is 5.36. The van der Waals surface area contributed by atoms with Crippen LogP contribution in [0.3, 0.4) is 0 Å². The zero-order chi connectivity index (χ0) is 26.0. The number of H-pyrrole nitrogens is 1. The third-order valence-corrected chi connectivity index (χ3v) is 7.13. The van der Waals surface area contributed by atoms with Crippen LogP contribution in [0.1, 0.15) is 25.1 Å². The second-order valence-electron chi connectivity index (χ2n) is 10.8. The molecule has 4 unspecified atom stereocenters. The van der Waals surface area contributed by atoms with Gasteiger partial charge in [-0.1, -0.05) is 0 Å². The lowest BCUT2D eigenvalue weighted by molar-refractivity contribution is 0.00706. The molecule has 0 radical (unpaired) electrons. The van der Waals surface area contributed by atoms with Crippen molar-refractivity contribution >= 4 is 16.9 Å². The average Bonchev–Trinajstić information content (AvgIpc) is 3.67. The minimum Gasteiger partial charge on any atom is -0.456 e. The van der Waals surface area contributed by atoms with Crippen LogP contribution in [0.5, 0.6) is 6.01 Å². The van der Waals surface area contributed by atoms with Crippen molar-refractivity contribution in [1.29, 1.82) is 0 Å². The van der Waals surface area contributed by atoms with Gasteiger partial charge >= 0.3 is 0 Å². The Morgan fingerprint density at radius 2 is 1.92 bits per heavy atom. The van der Waals surface area contributed by atoms with Crippen molar-refractivity contribution in [3.63, 3.8) is 0 Å². The fourth-order valence-electron chi connectivity index (χ4n) is 5.36. The highest BCUT2D eigenvalue weighted by Crippen LogP contribution is 2.31. The van der Waals surface area contributed by atoms with Gasteiger partial charge in [0, 0.05) is 29.6 Å². The van der Waals surface area contributed by atoms with Crippen molar-refractivity contribution in [3.05, 3.63) is 47.9 Å². The maximum atomic E-state index is 10.1. The molecule has 2 fully saturated rings. The Bertz CT molecular complexity index is 1450. The number of imidazole rings is 1. The molecule has 3 aliphatic rings. The van der Waals surface area contributed by atoms with E-state index in [1.165, 1.54) is 5.56 Å². The van der Waals surface area contributed by atoms with Gasteiger partial charge in [0.15, 0.2) is 17.6 Å². The van der Waals surface area contributed by atoms with E-state index in [0.29, 0.717) is 36.2 Å². The lowest BCUT2D eigenvalue weighted by Gasteiger charge is -2.19. The van der Waals surface area contributed by atoms with Crippen molar-refractivity contribution in [2.24, 2.45) is 0 Å². The number of aliphatic hydroxyl groups is 2. The Labute approximate surface area is 218 Å². The van der Waals surface area contributed by atoms with Crippen LogP contribution < -0.4 is 9.64 Å². The van der Waals surface area contributed by atoms with E-state index in [1.54, 1.807) is 20.0 Å². The summed E-state index contributed by atoms with van der Waals surface area (Å²) in [5.74, 6) is 0.571. The molecule has 198 valence electrons. The van der Waals surface area contributed by atoms with Gasteiger partial charge in [-0.15, -0.1) is 0 Å². The molecule has 4 atom stereocenters. The number of ether oxygens (including phenoxy) is 3. The van der Waals surface area contributed by atoms with Gasteiger partial charge in [0.05, 0.1) is 43.8 Å². The second kappa shape index (κ2) is 8.73. The lowest BCUT2D eigenvalue weighted by Crippen LogP contribution is -2.34. The van der Waals surface area contributed by atoms with Crippen LogP contribution in [-0.2, 0) is 29.1 Å². The largest absolute Gasteiger partial charge is 0.456 e. The molecular weight excluding hydrogens is 490 g/mol. The normalized spacial score (nSPS) is 24.8. The Kier molecular flexibility index (Phi) is 5.41. The molecule has 38 heavy (non-hydrogen) atoms. The molecule has 1 aromatic carbocycles. The number of nitrogens with one attached hydrogen (secondary N) is 1. The van der Waals surface area contributed by atoms with Crippen LogP contribution in [0.25, 0.3) is 22.6 Å². The van der Waals surface area contributed by atoms with E-state index in [0.717, 1.165) is 30.0 Å². The standard InChI is InChI=1S/C26H29N7O5/c1-26(2,35)13-33-9-15-8-32(10-18(15)31-33)16-5-3-14(4-6-16)23-27-7-17-24(29-23)30-25(28-17)38-20-12-37-21-19(34)11-36-22(20)21/h3-7,9,19-22,34-35H,8,10-13H2,1-2H3,(H,27,28,29,30). The molecular formula is C26H29N7O5. The van der Waals surface area contributed by atoms with Crippen LogP contribution in [-0.4, -0.2) is 83.2 Å². The molecule has 12 nitrogen and oxygen atoms in total. The zero-order valence-corrected chi connectivity index (χ0v) is 21.1. The van der Waals surface area contributed by atoms with Crippen LogP contribution in [0.4, 0.5) is 5.69 Å². The first kappa shape index (κ1) is 23.5. The molecule has 3 aromatic heterocycles. The van der Waals surface area contributed by atoms with Gasteiger partial charge in [-0.3, -0.25) is 4.68 Å². The van der Waals surface area contributed by atoms with Crippen molar-refractivity contribution in [1.82, 2.24) is 29.7 Å². The number of benzene rings is 1. The topological polar surface area (TPSA) is 144 Å². The molecule has 0 bridgehead atoms. The number of rotatable bonds is 6. The molecule has 12 heteroatoms. The summed E-state index contributed by atoms with van der Waals surface area (Å²) in [6.45, 7) is 6.11. The van der Waals surface area contributed by atoms with E-state index in [2.05, 4.69) is 42.1 Å². The van der Waals surface area contributed by atoms with Crippen LogP contribution in [0.2, 0.25) is 0 Å². The molecule has 0 spiro atoms. The molecule has 3 N–H and O–H groups in total. The number of aromatic nitrogens is 6. The van der Waals surface area contributed by atoms with Gasteiger partial charge < -0.3 is 34.3 Å². The van der Waals surface area contributed by atoms with E-state index >= 15 is 0 Å². The minimum absolute atomic E-state index is 0.245. The summed E-state index contributed by atoms with van der Waals surface area (Å²) in [6.07, 6.45) is 2.06. The number of hydrogen-bond acceptors (Lipinski definition) is 10. The van der Waals surface area contributed by atoms with Crippen molar-refractivity contribution in [3.8, 4) is 17.4 Å². The maximum absolute atomic E-state index is 10.1. The highest BCUT2D eigenvalue weighted by atomic mass is 16.6. The SMILES string of the molecule is CC(C)(O)Cn1cc2c(n1)CN(c1ccc(-c3ncc4[nH]c(OC5COC6C(O)COC56)nc4n3)cc1)C2. The quantitative estimate of drug-likeness (QED) is 0.342. The molecule has 4 aromatic rings. The molecule has 6 heterocycles. The van der Waals surface area contributed by atoms with Crippen LogP contribution >= 0.6 is 0 Å². The van der Waals surface area contributed by atoms with E-state index in [-0.39, 0.29) is 24.9 Å². The molecule has 7 rings (SSSR count). The monoisotopic (exact) mass is 519 g/mol. The number of aromatic amines is 1. The third-order valence-electron chi connectivity index (χ3n) is 7.13.